The number of amides is 1. The lowest BCUT2D eigenvalue weighted by molar-refractivity contribution is 0.0933. The van der Waals surface area contributed by atoms with E-state index < -0.39 is 0 Å². The van der Waals surface area contributed by atoms with E-state index in [4.69, 9.17) is 0 Å². The van der Waals surface area contributed by atoms with Crippen molar-refractivity contribution >= 4 is 33.2 Å². The van der Waals surface area contributed by atoms with Gasteiger partial charge in [-0.1, -0.05) is 37.8 Å². The molecule has 0 radical (unpaired) electrons. The van der Waals surface area contributed by atoms with Gasteiger partial charge in [0.05, 0.1) is 23.1 Å². The number of hydrogen-bond donors (Lipinski definition) is 2. The smallest absolute Gasteiger partial charge is 0.253 e. The molecule has 0 aliphatic heterocycles. The number of hydrogen-bond acceptors (Lipinski definition) is 3. The number of pyridine rings is 1. The van der Waals surface area contributed by atoms with Crippen molar-refractivity contribution in [2.75, 3.05) is 5.32 Å². The average Bonchev–Trinajstić information content (AvgIpc) is 2.86. The van der Waals surface area contributed by atoms with Gasteiger partial charge in [0.25, 0.3) is 5.91 Å². The van der Waals surface area contributed by atoms with Gasteiger partial charge in [-0.2, -0.15) is 0 Å². The first-order valence-electron chi connectivity index (χ1n) is 8.50. The second kappa shape index (κ2) is 8.29. The van der Waals surface area contributed by atoms with Crippen LogP contribution in [0.1, 0.15) is 48.9 Å². The van der Waals surface area contributed by atoms with Crippen LogP contribution in [0.25, 0.3) is 0 Å². The topological polar surface area (TPSA) is 54.0 Å². The molecule has 0 atom stereocenters. The molecule has 1 aromatic carbocycles. The molecule has 1 aliphatic carbocycles. The summed E-state index contributed by atoms with van der Waals surface area (Å²) >= 11 is 3.51. The summed E-state index contributed by atoms with van der Waals surface area (Å²) in [4.78, 5) is 16.7. The van der Waals surface area contributed by atoms with Crippen molar-refractivity contribution in [3.63, 3.8) is 0 Å². The largest absolute Gasteiger partial charge is 0.353 e. The van der Waals surface area contributed by atoms with E-state index >= 15 is 0 Å². The Balaban J connectivity index is 1.68. The van der Waals surface area contributed by atoms with Crippen LogP contribution in [0.2, 0.25) is 0 Å². The second-order valence-electron chi connectivity index (χ2n) is 6.23. The monoisotopic (exact) mass is 387 g/mol. The van der Waals surface area contributed by atoms with Gasteiger partial charge in [0.1, 0.15) is 0 Å². The van der Waals surface area contributed by atoms with Gasteiger partial charge < -0.3 is 10.6 Å². The standard InChI is InChI=1S/C19H22BrN3O/c20-17-9-5-6-10-18(17)22-16-11-14(12-21-13-16)19(24)23-15-7-3-1-2-4-8-15/h5-6,9-13,15,22H,1-4,7-8H2,(H,23,24). The maximum Gasteiger partial charge on any atom is 0.253 e. The van der Waals surface area contributed by atoms with E-state index in [1.54, 1.807) is 12.4 Å². The van der Waals surface area contributed by atoms with E-state index in [0.29, 0.717) is 11.6 Å². The van der Waals surface area contributed by atoms with Crippen LogP contribution in [-0.2, 0) is 0 Å². The quantitative estimate of drug-likeness (QED) is 0.722. The van der Waals surface area contributed by atoms with Gasteiger partial charge in [0, 0.05) is 16.7 Å². The van der Waals surface area contributed by atoms with Crippen LogP contribution in [0.4, 0.5) is 11.4 Å². The Morgan fingerprint density at radius 3 is 2.58 bits per heavy atom. The van der Waals surface area contributed by atoms with Crippen molar-refractivity contribution in [1.29, 1.82) is 0 Å². The molecule has 0 saturated heterocycles. The number of para-hydroxylation sites is 1. The maximum atomic E-state index is 12.5. The van der Waals surface area contributed by atoms with E-state index in [-0.39, 0.29) is 5.91 Å². The number of carbonyl (C=O) groups is 1. The van der Waals surface area contributed by atoms with Crippen molar-refractivity contribution in [2.24, 2.45) is 0 Å². The SMILES string of the molecule is O=C(NC1CCCCCC1)c1cncc(Nc2ccccc2Br)c1. The molecule has 0 bridgehead atoms. The number of rotatable bonds is 4. The fourth-order valence-corrected chi connectivity index (χ4v) is 3.43. The molecule has 24 heavy (non-hydrogen) atoms. The van der Waals surface area contributed by atoms with E-state index in [1.807, 2.05) is 30.3 Å². The van der Waals surface area contributed by atoms with Crippen molar-refractivity contribution < 1.29 is 4.79 Å². The summed E-state index contributed by atoms with van der Waals surface area (Å²) in [7, 11) is 0. The van der Waals surface area contributed by atoms with Crippen LogP contribution in [0.3, 0.4) is 0 Å². The summed E-state index contributed by atoms with van der Waals surface area (Å²) in [5, 5.41) is 6.45. The normalized spacial score (nSPS) is 15.5. The summed E-state index contributed by atoms with van der Waals surface area (Å²) in [6, 6.07) is 10.0. The molecule has 2 N–H and O–H groups in total. The molecule has 1 heterocycles. The van der Waals surface area contributed by atoms with Gasteiger partial charge in [0.2, 0.25) is 0 Å². The molecule has 126 valence electrons. The van der Waals surface area contributed by atoms with Crippen molar-refractivity contribution in [2.45, 2.75) is 44.6 Å². The van der Waals surface area contributed by atoms with Gasteiger partial charge in [-0.25, -0.2) is 0 Å². The third-order valence-electron chi connectivity index (χ3n) is 4.34. The Kier molecular flexibility index (Phi) is 5.86. The summed E-state index contributed by atoms with van der Waals surface area (Å²) in [6.45, 7) is 0. The molecule has 1 amide bonds. The number of nitrogens with one attached hydrogen (secondary N) is 2. The first-order valence-corrected chi connectivity index (χ1v) is 9.29. The van der Waals surface area contributed by atoms with E-state index in [0.717, 1.165) is 28.7 Å². The summed E-state index contributed by atoms with van der Waals surface area (Å²) in [5.41, 5.74) is 2.34. The molecule has 0 unspecified atom stereocenters. The number of benzene rings is 1. The Bertz CT molecular complexity index is 697. The highest BCUT2D eigenvalue weighted by molar-refractivity contribution is 9.10. The van der Waals surface area contributed by atoms with E-state index in [2.05, 4.69) is 31.5 Å². The highest BCUT2D eigenvalue weighted by Gasteiger charge is 2.16. The zero-order valence-electron chi connectivity index (χ0n) is 13.6. The highest BCUT2D eigenvalue weighted by Crippen LogP contribution is 2.25. The molecular formula is C19H22BrN3O. The first-order chi connectivity index (χ1) is 11.7. The number of anilines is 2. The molecule has 1 fully saturated rings. The van der Waals surface area contributed by atoms with Crippen molar-refractivity contribution in [3.8, 4) is 0 Å². The second-order valence-corrected chi connectivity index (χ2v) is 7.08. The van der Waals surface area contributed by atoms with Crippen LogP contribution < -0.4 is 10.6 Å². The van der Waals surface area contributed by atoms with E-state index in [9.17, 15) is 4.79 Å². The number of halogens is 1. The Hall–Kier alpha value is -1.88. The number of carbonyl (C=O) groups excluding carboxylic acids is 1. The summed E-state index contributed by atoms with van der Waals surface area (Å²) in [5.74, 6) is -0.0369. The van der Waals surface area contributed by atoms with Crippen LogP contribution in [0.5, 0.6) is 0 Å². The van der Waals surface area contributed by atoms with Crippen LogP contribution in [-0.4, -0.2) is 16.9 Å². The Labute approximate surface area is 151 Å². The first kappa shape index (κ1) is 17.0. The lowest BCUT2D eigenvalue weighted by Crippen LogP contribution is -2.34. The fourth-order valence-electron chi connectivity index (χ4n) is 3.04. The fraction of sp³-hybridized carbons (Fsp3) is 0.368. The minimum absolute atomic E-state index is 0.0369. The minimum atomic E-state index is -0.0369. The average molecular weight is 388 g/mol. The molecule has 1 aromatic heterocycles. The predicted octanol–water partition coefficient (Wildman–Crippen LogP) is 5.04. The minimum Gasteiger partial charge on any atom is -0.353 e. The molecule has 2 aromatic rings. The predicted molar refractivity (Wildman–Crippen MR) is 101 cm³/mol. The molecule has 5 heteroatoms. The van der Waals surface area contributed by atoms with Crippen LogP contribution >= 0.6 is 15.9 Å². The molecular weight excluding hydrogens is 366 g/mol. The third kappa shape index (κ3) is 4.57. The maximum absolute atomic E-state index is 12.5. The molecule has 0 spiro atoms. The number of nitrogens with zero attached hydrogens (tertiary/aromatic N) is 1. The zero-order chi connectivity index (χ0) is 16.8. The van der Waals surface area contributed by atoms with Crippen LogP contribution in [0.15, 0.2) is 47.2 Å². The van der Waals surface area contributed by atoms with Gasteiger partial charge >= 0.3 is 0 Å². The van der Waals surface area contributed by atoms with Crippen molar-refractivity contribution in [3.05, 3.63) is 52.8 Å². The lowest BCUT2D eigenvalue weighted by atomic mass is 10.1. The summed E-state index contributed by atoms with van der Waals surface area (Å²) in [6.07, 6.45) is 10.5. The third-order valence-corrected chi connectivity index (χ3v) is 5.04. The lowest BCUT2D eigenvalue weighted by Gasteiger charge is -2.16. The van der Waals surface area contributed by atoms with Gasteiger partial charge in [-0.15, -0.1) is 0 Å². The summed E-state index contributed by atoms with van der Waals surface area (Å²) < 4.78 is 0.971. The molecule has 1 saturated carbocycles. The highest BCUT2D eigenvalue weighted by atomic mass is 79.9. The Morgan fingerprint density at radius 1 is 1.08 bits per heavy atom. The molecule has 1 aliphatic rings. The molecule has 4 nitrogen and oxygen atoms in total. The zero-order valence-corrected chi connectivity index (χ0v) is 15.2. The van der Waals surface area contributed by atoms with Gasteiger partial charge in [0.15, 0.2) is 0 Å². The van der Waals surface area contributed by atoms with Gasteiger partial charge in [-0.05, 0) is 47.0 Å². The van der Waals surface area contributed by atoms with E-state index in [1.165, 1.54) is 25.7 Å². The van der Waals surface area contributed by atoms with Crippen molar-refractivity contribution in [1.82, 2.24) is 10.3 Å². The Morgan fingerprint density at radius 2 is 1.83 bits per heavy atom. The number of aromatic nitrogens is 1. The molecule has 3 rings (SSSR count). The van der Waals surface area contributed by atoms with Gasteiger partial charge in [-0.3, -0.25) is 9.78 Å². The van der Waals surface area contributed by atoms with Crippen LogP contribution in [0, 0.1) is 0 Å².